The zero-order chi connectivity index (χ0) is 13.3. The molecule has 0 bridgehead atoms. The summed E-state index contributed by atoms with van der Waals surface area (Å²) in [5.74, 6) is -2.92. The quantitative estimate of drug-likeness (QED) is 0.640. The zero-order valence-corrected chi connectivity index (χ0v) is 9.63. The minimum atomic E-state index is -4.82. The summed E-state index contributed by atoms with van der Waals surface area (Å²) >= 11 is 0. The minimum Gasteiger partial charge on any atom is -0.381 e. The molecule has 6 nitrogen and oxygen atoms in total. The van der Waals surface area contributed by atoms with E-state index in [4.69, 9.17) is 4.55 Å². The van der Waals surface area contributed by atoms with Crippen molar-refractivity contribution in [3.8, 4) is 5.75 Å². The second-order valence-electron chi connectivity index (χ2n) is 2.95. The molecule has 0 aliphatic heterocycles. The van der Waals surface area contributed by atoms with Crippen LogP contribution >= 0.6 is 0 Å². The second kappa shape index (κ2) is 4.55. The van der Waals surface area contributed by atoms with Gasteiger partial charge in [-0.05, 0) is 0 Å². The lowest BCUT2D eigenvalue weighted by molar-refractivity contribution is 0.470. The van der Waals surface area contributed by atoms with Crippen molar-refractivity contribution in [3.05, 3.63) is 29.8 Å². The standard InChI is InChI=1S/C7H6F2O6S2/c8-5-1-6(9)3-7(2-5)15-17(13,14)4-16(10,11)12/h1-3H,4H2,(H,10,11,12). The number of rotatable bonds is 4. The topological polar surface area (TPSA) is 97.7 Å². The van der Waals surface area contributed by atoms with E-state index in [2.05, 4.69) is 4.18 Å². The third-order valence-electron chi connectivity index (χ3n) is 1.35. The summed E-state index contributed by atoms with van der Waals surface area (Å²) in [5.41, 5.74) is 0. The molecule has 0 heterocycles. The number of halogens is 2. The van der Waals surface area contributed by atoms with Gasteiger partial charge in [0, 0.05) is 18.2 Å². The van der Waals surface area contributed by atoms with Gasteiger partial charge in [-0.25, -0.2) is 8.78 Å². The molecule has 0 amide bonds. The average Bonchev–Trinajstić information content (AvgIpc) is 1.93. The molecule has 0 radical (unpaired) electrons. The Morgan fingerprint density at radius 2 is 1.53 bits per heavy atom. The van der Waals surface area contributed by atoms with E-state index in [-0.39, 0.29) is 0 Å². The fraction of sp³-hybridized carbons (Fsp3) is 0.143. The molecule has 0 unspecified atom stereocenters. The van der Waals surface area contributed by atoms with Gasteiger partial charge in [0.2, 0.25) is 5.08 Å². The largest absolute Gasteiger partial charge is 0.381 e. The van der Waals surface area contributed by atoms with Crippen LogP contribution in [-0.2, 0) is 20.2 Å². The van der Waals surface area contributed by atoms with Crippen molar-refractivity contribution in [3.63, 3.8) is 0 Å². The van der Waals surface area contributed by atoms with Gasteiger partial charge in [-0.3, -0.25) is 4.55 Å². The van der Waals surface area contributed by atoms with Crippen LogP contribution in [0.25, 0.3) is 0 Å². The fourth-order valence-electron chi connectivity index (χ4n) is 0.930. The van der Waals surface area contributed by atoms with Crippen LogP contribution in [0.4, 0.5) is 8.78 Å². The van der Waals surface area contributed by atoms with Crippen LogP contribution in [0, 0.1) is 11.6 Å². The Hall–Kier alpha value is -1.26. The molecule has 0 fully saturated rings. The lowest BCUT2D eigenvalue weighted by atomic mass is 10.3. The SMILES string of the molecule is O=S(=O)(O)CS(=O)(=O)Oc1cc(F)cc(F)c1. The highest BCUT2D eigenvalue weighted by atomic mass is 32.3. The molecular weight excluding hydrogens is 282 g/mol. The fourth-order valence-corrected chi connectivity index (χ4v) is 2.97. The molecule has 0 spiro atoms. The van der Waals surface area contributed by atoms with Gasteiger partial charge in [-0.1, -0.05) is 0 Å². The van der Waals surface area contributed by atoms with Crippen LogP contribution in [0.3, 0.4) is 0 Å². The summed E-state index contributed by atoms with van der Waals surface area (Å²) in [6, 6.07) is 1.57. The molecule has 0 saturated heterocycles. The average molecular weight is 288 g/mol. The van der Waals surface area contributed by atoms with Crippen LogP contribution in [0.5, 0.6) is 5.75 Å². The van der Waals surface area contributed by atoms with E-state index >= 15 is 0 Å². The van der Waals surface area contributed by atoms with Gasteiger partial charge in [0.1, 0.15) is 17.4 Å². The van der Waals surface area contributed by atoms with Gasteiger partial charge >= 0.3 is 10.1 Å². The van der Waals surface area contributed by atoms with E-state index in [0.717, 1.165) is 0 Å². The summed E-state index contributed by atoms with van der Waals surface area (Å²) in [6.45, 7) is 0. The van der Waals surface area contributed by atoms with Crippen molar-refractivity contribution < 1.29 is 34.4 Å². The Balaban J connectivity index is 2.98. The maximum atomic E-state index is 12.7. The highest BCUT2D eigenvalue weighted by molar-refractivity contribution is 8.03. The van der Waals surface area contributed by atoms with Crippen molar-refractivity contribution >= 4 is 20.2 Å². The molecule has 96 valence electrons. The molecule has 0 aliphatic rings. The Kier molecular flexibility index (Phi) is 3.69. The summed E-state index contributed by atoms with van der Waals surface area (Å²) in [6.07, 6.45) is 0. The molecule has 0 aromatic heterocycles. The zero-order valence-electron chi connectivity index (χ0n) is 8.00. The molecule has 1 aromatic carbocycles. The molecule has 1 rings (SSSR count). The van der Waals surface area contributed by atoms with Crippen LogP contribution in [0.2, 0.25) is 0 Å². The first-order chi connectivity index (χ1) is 7.57. The minimum absolute atomic E-state index is 0.474. The second-order valence-corrected chi connectivity index (χ2v) is 6.33. The lowest BCUT2D eigenvalue weighted by Gasteiger charge is -2.05. The molecule has 0 saturated carbocycles. The van der Waals surface area contributed by atoms with E-state index < -0.39 is 42.7 Å². The lowest BCUT2D eigenvalue weighted by Crippen LogP contribution is -2.20. The van der Waals surface area contributed by atoms with Crippen LogP contribution < -0.4 is 4.18 Å². The summed E-state index contributed by atoms with van der Waals surface area (Å²) in [4.78, 5) is 0. The number of hydrogen-bond donors (Lipinski definition) is 1. The van der Waals surface area contributed by atoms with Crippen molar-refractivity contribution in [2.24, 2.45) is 0 Å². The van der Waals surface area contributed by atoms with Gasteiger partial charge in [0.05, 0.1) is 0 Å². The summed E-state index contributed by atoms with van der Waals surface area (Å²) in [7, 11) is -9.52. The first-order valence-electron chi connectivity index (χ1n) is 3.91. The van der Waals surface area contributed by atoms with E-state index in [1.807, 2.05) is 0 Å². The Morgan fingerprint density at radius 1 is 1.06 bits per heavy atom. The third kappa shape index (κ3) is 5.06. The normalized spacial score (nSPS) is 12.4. The first-order valence-corrected chi connectivity index (χ1v) is 7.09. The highest BCUT2D eigenvalue weighted by Crippen LogP contribution is 2.17. The van der Waals surface area contributed by atoms with Crippen LogP contribution in [-0.4, -0.2) is 26.5 Å². The van der Waals surface area contributed by atoms with Gasteiger partial charge in [0.15, 0.2) is 0 Å². The molecule has 1 aromatic rings. The molecule has 10 heteroatoms. The Bertz CT molecular complexity index is 602. The number of benzene rings is 1. The van der Waals surface area contributed by atoms with Crippen LogP contribution in [0.15, 0.2) is 18.2 Å². The van der Waals surface area contributed by atoms with Crippen molar-refractivity contribution in [1.29, 1.82) is 0 Å². The van der Waals surface area contributed by atoms with Gasteiger partial charge < -0.3 is 4.18 Å². The summed E-state index contributed by atoms with van der Waals surface area (Å²) < 4.78 is 80.4. The third-order valence-corrected chi connectivity index (χ3v) is 4.15. The van der Waals surface area contributed by atoms with Gasteiger partial charge in [-0.2, -0.15) is 16.8 Å². The van der Waals surface area contributed by atoms with E-state index in [1.54, 1.807) is 0 Å². The van der Waals surface area contributed by atoms with E-state index in [1.165, 1.54) is 0 Å². The van der Waals surface area contributed by atoms with Crippen molar-refractivity contribution in [2.75, 3.05) is 5.08 Å². The molecule has 1 N–H and O–H groups in total. The van der Waals surface area contributed by atoms with Crippen LogP contribution in [0.1, 0.15) is 0 Å². The maximum Gasteiger partial charge on any atom is 0.326 e. The molecule has 0 atom stereocenters. The van der Waals surface area contributed by atoms with Crippen molar-refractivity contribution in [2.45, 2.75) is 0 Å². The van der Waals surface area contributed by atoms with Gasteiger partial charge in [0.25, 0.3) is 10.1 Å². The van der Waals surface area contributed by atoms with E-state index in [9.17, 15) is 25.6 Å². The smallest absolute Gasteiger partial charge is 0.326 e. The summed E-state index contributed by atoms with van der Waals surface area (Å²) in [5, 5.41) is -1.71. The van der Waals surface area contributed by atoms with Gasteiger partial charge in [-0.15, -0.1) is 0 Å². The maximum absolute atomic E-state index is 12.7. The predicted octanol–water partition coefficient (Wildman–Crippen LogP) is 0.519. The first kappa shape index (κ1) is 13.8. The van der Waals surface area contributed by atoms with Crippen molar-refractivity contribution in [1.82, 2.24) is 0 Å². The Labute approximate surface area is 95.7 Å². The number of hydrogen-bond acceptors (Lipinski definition) is 5. The highest BCUT2D eigenvalue weighted by Gasteiger charge is 2.22. The Morgan fingerprint density at radius 3 is 1.94 bits per heavy atom. The molecule has 17 heavy (non-hydrogen) atoms. The molecule has 0 aliphatic carbocycles. The predicted molar refractivity (Wildman–Crippen MR) is 52.3 cm³/mol. The monoisotopic (exact) mass is 288 g/mol. The van der Waals surface area contributed by atoms with E-state index in [0.29, 0.717) is 18.2 Å². The molecular formula is C7H6F2O6S2.